The second-order valence-corrected chi connectivity index (χ2v) is 4.72. The predicted molar refractivity (Wildman–Crippen MR) is 78.4 cm³/mol. The Labute approximate surface area is 117 Å². The van der Waals surface area contributed by atoms with Crippen LogP contribution in [0.1, 0.15) is 5.56 Å². The summed E-state index contributed by atoms with van der Waals surface area (Å²) in [5, 5.41) is 3.41. The van der Waals surface area contributed by atoms with Crippen molar-refractivity contribution in [2.45, 2.75) is 6.54 Å². The third-order valence-corrected chi connectivity index (χ3v) is 2.92. The van der Waals surface area contributed by atoms with Crippen molar-refractivity contribution in [3.8, 4) is 0 Å². The van der Waals surface area contributed by atoms with Crippen LogP contribution in [0.2, 0.25) is 5.02 Å². The maximum absolute atomic E-state index is 12.0. The molecular formula is C15H15ClN2O. The topological polar surface area (TPSA) is 32.3 Å². The summed E-state index contributed by atoms with van der Waals surface area (Å²) in [5.74, 6) is 0. The molecule has 0 bridgehead atoms. The zero-order chi connectivity index (χ0) is 13.7. The summed E-state index contributed by atoms with van der Waals surface area (Å²) in [6, 6.07) is 16.8. The molecule has 0 atom stereocenters. The first kappa shape index (κ1) is 13.4. The van der Waals surface area contributed by atoms with E-state index in [2.05, 4.69) is 5.32 Å². The second kappa shape index (κ2) is 6.25. The molecule has 4 heteroatoms. The Balaban J connectivity index is 1.96. The molecule has 19 heavy (non-hydrogen) atoms. The van der Waals surface area contributed by atoms with Crippen LogP contribution in [-0.2, 0) is 6.54 Å². The Hall–Kier alpha value is -2.00. The van der Waals surface area contributed by atoms with Crippen LogP contribution in [0, 0.1) is 0 Å². The van der Waals surface area contributed by atoms with Crippen LogP contribution in [0.4, 0.5) is 10.5 Å². The molecule has 0 aliphatic carbocycles. The molecule has 0 aliphatic rings. The van der Waals surface area contributed by atoms with Crippen LogP contribution in [0.25, 0.3) is 0 Å². The average molecular weight is 275 g/mol. The molecule has 2 rings (SSSR count). The summed E-state index contributed by atoms with van der Waals surface area (Å²) >= 11 is 5.87. The van der Waals surface area contributed by atoms with Crippen LogP contribution >= 0.6 is 11.6 Å². The molecule has 0 saturated carbocycles. The van der Waals surface area contributed by atoms with Crippen molar-refractivity contribution in [2.24, 2.45) is 0 Å². The third kappa shape index (κ3) is 4.00. The molecule has 98 valence electrons. The van der Waals surface area contributed by atoms with Gasteiger partial charge in [0.2, 0.25) is 0 Å². The third-order valence-electron chi connectivity index (χ3n) is 2.69. The summed E-state index contributed by atoms with van der Waals surface area (Å²) < 4.78 is 0. The fourth-order valence-corrected chi connectivity index (χ4v) is 1.90. The molecule has 0 radical (unpaired) electrons. The highest BCUT2D eigenvalue weighted by Gasteiger charge is 2.09. The summed E-state index contributed by atoms with van der Waals surface area (Å²) in [6.45, 7) is 0.563. The van der Waals surface area contributed by atoms with Crippen molar-refractivity contribution in [2.75, 3.05) is 12.4 Å². The highest BCUT2D eigenvalue weighted by Crippen LogP contribution is 2.15. The number of nitrogens with zero attached hydrogens (tertiary/aromatic N) is 1. The number of anilines is 1. The van der Waals surface area contributed by atoms with Gasteiger partial charge in [-0.2, -0.15) is 0 Å². The fourth-order valence-electron chi connectivity index (χ4n) is 1.71. The highest BCUT2D eigenvalue weighted by atomic mass is 35.5. The van der Waals surface area contributed by atoms with Gasteiger partial charge < -0.3 is 10.2 Å². The van der Waals surface area contributed by atoms with Gasteiger partial charge in [-0.25, -0.2) is 4.79 Å². The monoisotopic (exact) mass is 274 g/mol. The Morgan fingerprint density at radius 3 is 2.58 bits per heavy atom. The molecular weight excluding hydrogens is 260 g/mol. The van der Waals surface area contributed by atoms with Gasteiger partial charge in [0.15, 0.2) is 0 Å². The highest BCUT2D eigenvalue weighted by molar-refractivity contribution is 6.30. The van der Waals surface area contributed by atoms with Gasteiger partial charge in [-0.1, -0.05) is 48.0 Å². The Morgan fingerprint density at radius 2 is 1.89 bits per heavy atom. The zero-order valence-corrected chi connectivity index (χ0v) is 11.4. The van der Waals surface area contributed by atoms with Gasteiger partial charge in [-0.05, 0) is 23.8 Å². The van der Waals surface area contributed by atoms with E-state index in [0.717, 1.165) is 5.56 Å². The van der Waals surface area contributed by atoms with Crippen molar-refractivity contribution < 1.29 is 4.79 Å². The molecule has 0 spiro atoms. The molecule has 0 saturated heterocycles. The summed E-state index contributed by atoms with van der Waals surface area (Å²) in [7, 11) is 1.76. The Morgan fingerprint density at radius 1 is 1.16 bits per heavy atom. The summed E-state index contributed by atoms with van der Waals surface area (Å²) in [6.07, 6.45) is 0. The van der Waals surface area contributed by atoms with Gasteiger partial charge >= 0.3 is 6.03 Å². The first-order valence-corrected chi connectivity index (χ1v) is 6.34. The van der Waals surface area contributed by atoms with E-state index in [1.54, 1.807) is 36.2 Å². The molecule has 3 nitrogen and oxygen atoms in total. The molecule has 0 aliphatic heterocycles. The average Bonchev–Trinajstić information content (AvgIpc) is 2.40. The number of carbonyl (C=O) groups is 1. The van der Waals surface area contributed by atoms with E-state index in [1.165, 1.54) is 0 Å². The van der Waals surface area contributed by atoms with Crippen LogP contribution in [-0.4, -0.2) is 18.0 Å². The normalized spacial score (nSPS) is 10.0. The number of amides is 2. The lowest BCUT2D eigenvalue weighted by Gasteiger charge is -2.18. The van der Waals surface area contributed by atoms with Crippen molar-refractivity contribution >= 4 is 23.3 Å². The van der Waals surface area contributed by atoms with Crippen LogP contribution < -0.4 is 5.32 Å². The molecule has 0 heterocycles. The Bertz CT molecular complexity index is 557. The van der Waals surface area contributed by atoms with E-state index >= 15 is 0 Å². The molecule has 0 fully saturated rings. The number of urea groups is 1. The molecule has 0 unspecified atom stereocenters. The quantitative estimate of drug-likeness (QED) is 0.901. The molecule has 1 N–H and O–H groups in total. The Kier molecular flexibility index (Phi) is 4.42. The predicted octanol–water partition coefficient (Wildman–Crippen LogP) is 4.00. The maximum Gasteiger partial charge on any atom is 0.321 e. The maximum atomic E-state index is 12.0. The minimum Gasteiger partial charge on any atom is -0.323 e. The molecule has 2 aromatic rings. The molecule has 2 aromatic carbocycles. The van der Waals surface area contributed by atoms with E-state index in [4.69, 9.17) is 11.6 Å². The van der Waals surface area contributed by atoms with Crippen molar-refractivity contribution in [1.82, 2.24) is 4.90 Å². The van der Waals surface area contributed by atoms with E-state index in [9.17, 15) is 4.79 Å². The number of nitrogens with one attached hydrogen (secondary N) is 1. The minimum absolute atomic E-state index is 0.161. The first-order valence-electron chi connectivity index (χ1n) is 5.97. The second-order valence-electron chi connectivity index (χ2n) is 4.28. The van der Waals surface area contributed by atoms with Gasteiger partial charge in [0, 0.05) is 24.3 Å². The summed E-state index contributed by atoms with van der Waals surface area (Å²) in [4.78, 5) is 13.6. The molecule has 2 amide bonds. The lowest BCUT2D eigenvalue weighted by Crippen LogP contribution is -2.30. The zero-order valence-electron chi connectivity index (χ0n) is 10.6. The number of benzene rings is 2. The largest absolute Gasteiger partial charge is 0.323 e. The van der Waals surface area contributed by atoms with Crippen molar-refractivity contribution in [3.63, 3.8) is 0 Å². The standard InChI is InChI=1S/C15H15ClN2O/c1-18(11-12-6-3-2-4-7-12)15(19)17-14-9-5-8-13(16)10-14/h2-10H,11H2,1H3,(H,17,19). The van der Waals surface area contributed by atoms with Crippen LogP contribution in [0.15, 0.2) is 54.6 Å². The van der Waals surface area contributed by atoms with E-state index in [0.29, 0.717) is 17.3 Å². The number of carbonyl (C=O) groups excluding carboxylic acids is 1. The number of rotatable bonds is 3. The van der Waals surface area contributed by atoms with Crippen LogP contribution in [0.5, 0.6) is 0 Å². The van der Waals surface area contributed by atoms with Crippen LogP contribution in [0.3, 0.4) is 0 Å². The summed E-state index contributed by atoms with van der Waals surface area (Å²) in [5.41, 5.74) is 1.78. The number of hydrogen-bond acceptors (Lipinski definition) is 1. The van der Waals surface area contributed by atoms with Gasteiger partial charge in [-0.15, -0.1) is 0 Å². The first-order chi connectivity index (χ1) is 9.15. The van der Waals surface area contributed by atoms with Gasteiger partial charge in [0.1, 0.15) is 0 Å². The van der Waals surface area contributed by atoms with Gasteiger partial charge in [0.05, 0.1) is 0 Å². The minimum atomic E-state index is -0.161. The fraction of sp³-hybridized carbons (Fsp3) is 0.133. The number of halogens is 1. The van der Waals surface area contributed by atoms with Crippen molar-refractivity contribution in [1.29, 1.82) is 0 Å². The van der Waals surface area contributed by atoms with E-state index < -0.39 is 0 Å². The van der Waals surface area contributed by atoms with E-state index in [-0.39, 0.29) is 6.03 Å². The van der Waals surface area contributed by atoms with Crippen molar-refractivity contribution in [3.05, 3.63) is 65.2 Å². The lowest BCUT2D eigenvalue weighted by atomic mass is 10.2. The smallest absolute Gasteiger partial charge is 0.321 e. The molecule has 0 aromatic heterocycles. The number of hydrogen-bond donors (Lipinski definition) is 1. The lowest BCUT2D eigenvalue weighted by molar-refractivity contribution is 0.220. The SMILES string of the molecule is CN(Cc1ccccc1)C(=O)Nc1cccc(Cl)c1. The van der Waals surface area contributed by atoms with Gasteiger partial charge in [0.25, 0.3) is 0 Å². The van der Waals surface area contributed by atoms with E-state index in [1.807, 2.05) is 30.3 Å². The van der Waals surface area contributed by atoms with Gasteiger partial charge in [-0.3, -0.25) is 0 Å².